The quantitative estimate of drug-likeness (QED) is 0.870. The topological polar surface area (TPSA) is 75.3 Å². The molecule has 0 radical (unpaired) electrons. The molecule has 2 rings (SSSR count). The zero-order chi connectivity index (χ0) is 16.2. The summed E-state index contributed by atoms with van der Waals surface area (Å²) in [6, 6.07) is 7.54. The highest BCUT2D eigenvalue weighted by Gasteiger charge is 2.43. The first-order chi connectivity index (χ1) is 10.4. The first-order valence-corrected chi connectivity index (χ1v) is 8.92. The van der Waals surface area contributed by atoms with E-state index in [0.29, 0.717) is 12.8 Å². The van der Waals surface area contributed by atoms with E-state index in [1.165, 1.54) is 13.1 Å². The van der Waals surface area contributed by atoms with E-state index < -0.39 is 15.6 Å². The molecule has 0 aliphatic heterocycles. The lowest BCUT2D eigenvalue weighted by molar-refractivity contribution is -0.126. The maximum Gasteiger partial charge on any atom is 0.241 e. The Labute approximate surface area is 131 Å². The van der Waals surface area contributed by atoms with Gasteiger partial charge in [-0.3, -0.25) is 4.79 Å². The van der Waals surface area contributed by atoms with Gasteiger partial charge in [-0.2, -0.15) is 4.72 Å². The number of carbonyl (C=O) groups is 1. The lowest BCUT2D eigenvalue weighted by Crippen LogP contribution is -2.55. The van der Waals surface area contributed by atoms with Crippen LogP contribution in [0, 0.1) is 6.92 Å². The van der Waals surface area contributed by atoms with Gasteiger partial charge in [-0.25, -0.2) is 8.42 Å². The molecule has 1 saturated carbocycles. The van der Waals surface area contributed by atoms with Crippen LogP contribution < -0.4 is 10.0 Å². The molecular weight excluding hydrogens is 300 g/mol. The van der Waals surface area contributed by atoms with Crippen molar-refractivity contribution in [1.29, 1.82) is 0 Å². The molecule has 0 bridgehead atoms. The van der Waals surface area contributed by atoms with Gasteiger partial charge in [-0.1, -0.05) is 42.7 Å². The van der Waals surface area contributed by atoms with Crippen LogP contribution in [0.25, 0.3) is 6.08 Å². The van der Waals surface area contributed by atoms with Gasteiger partial charge in [0, 0.05) is 12.5 Å². The molecule has 0 aromatic heterocycles. The summed E-state index contributed by atoms with van der Waals surface area (Å²) in [5.74, 6) is -0.266. The van der Waals surface area contributed by atoms with Gasteiger partial charge >= 0.3 is 0 Å². The Hall–Kier alpha value is -1.66. The molecule has 2 N–H and O–H groups in total. The van der Waals surface area contributed by atoms with Crippen LogP contribution in [0.1, 0.15) is 36.8 Å². The van der Waals surface area contributed by atoms with Gasteiger partial charge in [-0.05, 0) is 31.4 Å². The molecule has 0 heterocycles. The molecule has 1 aliphatic carbocycles. The minimum atomic E-state index is -3.68. The van der Waals surface area contributed by atoms with Crippen LogP contribution in [-0.2, 0) is 14.8 Å². The average Bonchev–Trinajstić information content (AvgIpc) is 2.95. The average molecular weight is 322 g/mol. The van der Waals surface area contributed by atoms with Gasteiger partial charge in [0.05, 0.1) is 0 Å². The van der Waals surface area contributed by atoms with Crippen molar-refractivity contribution >= 4 is 22.0 Å². The van der Waals surface area contributed by atoms with Crippen molar-refractivity contribution in [3.8, 4) is 0 Å². The largest absolute Gasteiger partial charge is 0.358 e. The molecule has 0 saturated heterocycles. The van der Waals surface area contributed by atoms with Crippen molar-refractivity contribution in [2.45, 2.75) is 38.1 Å². The van der Waals surface area contributed by atoms with E-state index in [-0.39, 0.29) is 5.91 Å². The SMILES string of the molecule is CNC(=O)C1(NS(=O)(=O)/C=C/c2ccc(C)cc2)CCCC1. The molecule has 1 aromatic rings. The number of rotatable bonds is 5. The van der Waals surface area contributed by atoms with Crippen molar-refractivity contribution in [1.82, 2.24) is 10.0 Å². The van der Waals surface area contributed by atoms with Crippen molar-refractivity contribution in [3.05, 3.63) is 40.8 Å². The van der Waals surface area contributed by atoms with Gasteiger partial charge in [-0.15, -0.1) is 0 Å². The minimum absolute atomic E-state index is 0.266. The summed E-state index contributed by atoms with van der Waals surface area (Å²) in [5.41, 5.74) is 0.907. The number of likely N-dealkylation sites (N-methyl/N-ethyl adjacent to an activating group) is 1. The lowest BCUT2D eigenvalue weighted by Gasteiger charge is -2.27. The predicted octanol–water partition coefficient (Wildman–Crippen LogP) is 1.94. The van der Waals surface area contributed by atoms with Gasteiger partial charge in [0.1, 0.15) is 5.54 Å². The molecule has 0 unspecified atom stereocenters. The van der Waals surface area contributed by atoms with E-state index in [1.54, 1.807) is 0 Å². The van der Waals surface area contributed by atoms with Crippen LogP contribution in [0.4, 0.5) is 0 Å². The third kappa shape index (κ3) is 3.96. The fourth-order valence-corrected chi connectivity index (χ4v) is 3.99. The molecule has 0 spiro atoms. The molecule has 1 aromatic carbocycles. The second-order valence-corrected chi connectivity index (χ2v) is 7.30. The van der Waals surface area contributed by atoms with E-state index in [1.807, 2.05) is 31.2 Å². The Kier molecular flexibility index (Phi) is 5.03. The molecule has 5 nitrogen and oxygen atoms in total. The Bertz CT molecular complexity index is 657. The zero-order valence-electron chi connectivity index (χ0n) is 12.9. The fourth-order valence-electron chi connectivity index (χ4n) is 2.75. The molecule has 0 atom stereocenters. The Balaban J connectivity index is 2.16. The number of sulfonamides is 1. The summed E-state index contributed by atoms with van der Waals surface area (Å²) >= 11 is 0. The van der Waals surface area contributed by atoms with E-state index >= 15 is 0 Å². The van der Waals surface area contributed by atoms with Crippen molar-refractivity contribution in [2.24, 2.45) is 0 Å². The maximum atomic E-state index is 12.3. The Morgan fingerprint density at radius 2 is 1.77 bits per heavy atom. The number of hydrogen-bond donors (Lipinski definition) is 2. The summed E-state index contributed by atoms with van der Waals surface area (Å²) < 4.78 is 27.1. The predicted molar refractivity (Wildman–Crippen MR) is 87.5 cm³/mol. The number of benzene rings is 1. The summed E-state index contributed by atoms with van der Waals surface area (Å²) in [5, 5.41) is 3.69. The van der Waals surface area contributed by atoms with Gasteiger partial charge < -0.3 is 5.32 Å². The van der Waals surface area contributed by atoms with Crippen LogP contribution in [0.15, 0.2) is 29.7 Å². The highest BCUT2D eigenvalue weighted by Crippen LogP contribution is 2.30. The van der Waals surface area contributed by atoms with E-state index in [4.69, 9.17) is 0 Å². The molecule has 22 heavy (non-hydrogen) atoms. The molecule has 1 aliphatic rings. The Morgan fingerprint density at radius 1 is 1.18 bits per heavy atom. The molecular formula is C16H22N2O3S. The molecule has 1 fully saturated rings. The van der Waals surface area contributed by atoms with Gasteiger partial charge in [0.15, 0.2) is 0 Å². The van der Waals surface area contributed by atoms with Crippen LogP contribution in [0.3, 0.4) is 0 Å². The third-order valence-electron chi connectivity index (χ3n) is 3.97. The van der Waals surface area contributed by atoms with Crippen LogP contribution in [0.5, 0.6) is 0 Å². The second kappa shape index (κ2) is 6.62. The number of nitrogens with one attached hydrogen (secondary N) is 2. The standard InChI is InChI=1S/C16H22N2O3S/c1-13-5-7-14(8-6-13)9-12-22(20,21)18-16(15(19)17-2)10-3-4-11-16/h5-9,12,18H,3-4,10-11H2,1-2H3,(H,17,19)/b12-9+. The molecule has 120 valence electrons. The first-order valence-electron chi connectivity index (χ1n) is 7.38. The summed E-state index contributed by atoms with van der Waals surface area (Å²) in [4.78, 5) is 12.1. The van der Waals surface area contributed by atoms with Crippen molar-refractivity contribution in [3.63, 3.8) is 0 Å². The van der Waals surface area contributed by atoms with Gasteiger partial charge in [0.25, 0.3) is 0 Å². The van der Waals surface area contributed by atoms with Crippen molar-refractivity contribution in [2.75, 3.05) is 7.05 Å². The molecule has 1 amide bonds. The molecule has 6 heteroatoms. The first kappa shape index (κ1) is 16.7. The van der Waals surface area contributed by atoms with Gasteiger partial charge in [0.2, 0.25) is 15.9 Å². The highest BCUT2D eigenvalue weighted by atomic mass is 32.2. The van der Waals surface area contributed by atoms with E-state index in [0.717, 1.165) is 29.4 Å². The third-order valence-corrected chi connectivity index (χ3v) is 5.14. The smallest absolute Gasteiger partial charge is 0.241 e. The number of amides is 1. The summed E-state index contributed by atoms with van der Waals surface area (Å²) in [6.07, 6.45) is 4.29. The minimum Gasteiger partial charge on any atom is -0.358 e. The number of hydrogen-bond acceptors (Lipinski definition) is 3. The normalized spacial score (nSPS) is 17.7. The Morgan fingerprint density at radius 3 is 2.32 bits per heavy atom. The van der Waals surface area contributed by atoms with Crippen LogP contribution in [0.2, 0.25) is 0 Å². The number of aryl methyl sites for hydroxylation is 1. The van der Waals surface area contributed by atoms with E-state index in [9.17, 15) is 13.2 Å². The van der Waals surface area contributed by atoms with Crippen LogP contribution in [-0.4, -0.2) is 26.9 Å². The summed E-state index contributed by atoms with van der Waals surface area (Å²) in [7, 11) is -2.15. The monoisotopic (exact) mass is 322 g/mol. The van der Waals surface area contributed by atoms with E-state index in [2.05, 4.69) is 10.0 Å². The lowest BCUT2D eigenvalue weighted by atomic mass is 9.98. The highest BCUT2D eigenvalue weighted by molar-refractivity contribution is 7.92. The van der Waals surface area contributed by atoms with Crippen LogP contribution >= 0.6 is 0 Å². The second-order valence-electron chi connectivity index (χ2n) is 5.73. The number of carbonyl (C=O) groups excluding carboxylic acids is 1. The zero-order valence-corrected chi connectivity index (χ0v) is 13.7. The summed E-state index contributed by atoms with van der Waals surface area (Å²) in [6.45, 7) is 1.97. The maximum absolute atomic E-state index is 12.3. The van der Waals surface area contributed by atoms with Crippen molar-refractivity contribution < 1.29 is 13.2 Å². The fraction of sp³-hybridized carbons (Fsp3) is 0.438.